The SMILES string of the molecule is COC(C)C(NC(=O)OCC1c2ccccc2-c2ccccc21)C(=O)NC(CC(=O)O)C(C)(C)C. The Labute approximate surface area is 206 Å². The summed E-state index contributed by atoms with van der Waals surface area (Å²) in [5.74, 6) is -1.67. The number of benzene rings is 2. The Bertz CT molecular complexity index is 1030. The minimum absolute atomic E-state index is 0.110. The summed E-state index contributed by atoms with van der Waals surface area (Å²) >= 11 is 0. The van der Waals surface area contributed by atoms with Crippen molar-refractivity contribution in [1.82, 2.24) is 10.6 Å². The van der Waals surface area contributed by atoms with Crippen LogP contribution in [-0.4, -0.2) is 55.0 Å². The summed E-state index contributed by atoms with van der Waals surface area (Å²) in [6.07, 6.45) is -1.66. The van der Waals surface area contributed by atoms with E-state index in [0.717, 1.165) is 22.3 Å². The molecule has 8 heteroatoms. The average Bonchev–Trinajstić information content (AvgIpc) is 3.13. The largest absolute Gasteiger partial charge is 0.481 e. The van der Waals surface area contributed by atoms with E-state index in [-0.39, 0.29) is 18.9 Å². The van der Waals surface area contributed by atoms with Gasteiger partial charge in [-0.05, 0) is 34.6 Å². The minimum atomic E-state index is -1.06. The van der Waals surface area contributed by atoms with Crippen LogP contribution in [0.3, 0.4) is 0 Å². The fourth-order valence-electron chi connectivity index (χ4n) is 4.31. The van der Waals surface area contributed by atoms with E-state index in [1.165, 1.54) is 7.11 Å². The zero-order valence-electron chi connectivity index (χ0n) is 20.8. The molecule has 0 aromatic heterocycles. The van der Waals surface area contributed by atoms with Gasteiger partial charge in [0.15, 0.2) is 0 Å². The van der Waals surface area contributed by atoms with Crippen LogP contribution in [0.4, 0.5) is 4.79 Å². The minimum Gasteiger partial charge on any atom is -0.481 e. The van der Waals surface area contributed by atoms with Crippen LogP contribution in [0.25, 0.3) is 11.1 Å². The van der Waals surface area contributed by atoms with E-state index in [0.29, 0.717) is 0 Å². The first-order valence-electron chi connectivity index (χ1n) is 11.7. The second kappa shape index (κ2) is 10.9. The van der Waals surface area contributed by atoms with E-state index in [9.17, 15) is 19.5 Å². The Morgan fingerprint density at radius 2 is 1.51 bits per heavy atom. The first kappa shape index (κ1) is 26.2. The maximum atomic E-state index is 13.1. The number of ether oxygens (including phenoxy) is 2. The smallest absolute Gasteiger partial charge is 0.407 e. The monoisotopic (exact) mass is 482 g/mol. The van der Waals surface area contributed by atoms with Crippen molar-refractivity contribution in [1.29, 1.82) is 0 Å². The zero-order valence-corrected chi connectivity index (χ0v) is 20.8. The summed E-state index contributed by atoms with van der Waals surface area (Å²) in [7, 11) is 1.43. The lowest BCUT2D eigenvalue weighted by atomic mass is 9.84. The van der Waals surface area contributed by atoms with Gasteiger partial charge in [0.1, 0.15) is 12.6 Å². The Balaban J connectivity index is 1.69. The number of carboxylic acid groups (broad SMARTS) is 1. The Kier molecular flexibility index (Phi) is 8.17. The molecule has 3 unspecified atom stereocenters. The highest BCUT2D eigenvalue weighted by atomic mass is 16.5. The molecular formula is C27H34N2O6. The maximum Gasteiger partial charge on any atom is 0.407 e. The molecule has 2 amide bonds. The van der Waals surface area contributed by atoms with Gasteiger partial charge < -0.3 is 25.2 Å². The predicted molar refractivity (Wildman–Crippen MR) is 132 cm³/mol. The normalized spacial score (nSPS) is 15.3. The van der Waals surface area contributed by atoms with Crippen LogP contribution in [-0.2, 0) is 19.1 Å². The van der Waals surface area contributed by atoms with E-state index < -0.39 is 41.6 Å². The molecule has 2 aromatic rings. The number of aliphatic carboxylic acids is 1. The standard InChI is InChI=1S/C27H34N2O6/c1-16(34-5)24(25(32)28-22(14-23(30)31)27(2,3)4)29-26(33)35-15-21-19-12-8-6-10-17(19)18-11-7-9-13-20(18)21/h6-13,16,21-22,24H,14-15H2,1-5H3,(H,28,32)(H,29,33)(H,30,31). The Morgan fingerprint density at radius 3 is 2.00 bits per heavy atom. The molecule has 3 N–H and O–H groups in total. The van der Waals surface area contributed by atoms with E-state index in [4.69, 9.17) is 9.47 Å². The number of alkyl carbamates (subject to hydrolysis) is 1. The molecule has 1 aliphatic carbocycles. The van der Waals surface area contributed by atoms with Crippen LogP contribution in [0.15, 0.2) is 48.5 Å². The third-order valence-electron chi connectivity index (χ3n) is 6.48. The van der Waals surface area contributed by atoms with Gasteiger partial charge in [0.05, 0.1) is 12.5 Å². The van der Waals surface area contributed by atoms with Crippen molar-refractivity contribution < 1.29 is 29.0 Å². The summed E-state index contributed by atoms with van der Waals surface area (Å²) in [5, 5.41) is 14.6. The van der Waals surface area contributed by atoms with Gasteiger partial charge in [0.2, 0.25) is 5.91 Å². The number of hydrogen-bond donors (Lipinski definition) is 3. The van der Waals surface area contributed by atoms with Gasteiger partial charge in [0, 0.05) is 19.1 Å². The number of methoxy groups -OCH3 is 1. The van der Waals surface area contributed by atoms with Crippen LogP contribution >= 0.6 is 0 Å². The molecule has 188 valence electrons. The molecule has 3 rings (SSSR count). The zero-order chi connectivity index (χ0) is 25.8. The predicted octanol–water partition coefficient (Wildman–Crippen LogP) is 3.93. The summed E-state index contributed by atoms with van der Waals surface area (Å²) in [5.41, 5.74) is 3.91. The van der Waals surface area contributed by atoms with Crippen molar-refractivity contribution >= 4 is 18.0 Å². The average molecular weight is 483 g/mol. The van der Waals surface area contributed by atoms with Gasteiger partial charge >= 0.3 is 12.1 Å². The molecule has 0 bridgehead atoms. The number of carbonyl (C=O) groups excluding carboxylic acids is 2. The molecule has 0 saturated carbocycles. The highest BCUT2D eigenvalue weighted by Crippen LogP contribution is 2.44. The van der Waals surface area contributed by atoms with E-state index >= 15 is 0 Å². The Hall–Kier alpha value is -3.39. The first-order chi connectivity index (χ1) is 16.5. The number of amides is 2. The number of hydrogen-bond acceptors (Lipinski definition) is 5. The van der Waals surface area contributed by atoms with Crippen molar-refractivity contribution in [3.63, 3.8) is 0 Å². The van der Waals surface area contributed by atoms with Gasteiger partial charge in [0.25, 0.3) is 0 Å². The van der Waals surface area contributed by atoms with Crippen LogP contribution in [0.2, 0.25) is 0 Å². The molecular weight excluding hydrogens is 448 g/mol. The van der Waals surface area contributed by atoms with Gasteiger partial charge in [-0.15, -0.1) is 0 Å². The van der Waals surface area contributed by atoms with E-state index in [1.54, 1.807) is 6.92 Å². The van der Waals surface area contributed by atoms with Crippen molar-refractivity contribution in [2.75, 3.05) is 13.7 Å². The molecule has 0 fully saturated rings. The van der Waals surface area contributed by atoms with Crippen LogP contribution in [0.5, 0.6) is 0 Å². The maximum absolute atomic E-state index is 13.1. The lowest BCUT2D eigenvalue weighted by Crippen LogP contribution is -2.57. The first-order valence-corrected chi connectivity index (χ1v) is 11.7. The van der Waals surface area contributed by atoms with Crippen LogP contribution < -0.4 is 10.6 Å². The van der Waals surface area contributed by atoms with Crippen LogP contribution in [0, 0.1) is 5.41 Å². The molecule has 2 aromatic carbocycles. The highest BCUT2D eigenvalue weighted by Gasteiger charge is 2.35. The topological polar surface area (TPSA) is 114 Å². The van der Waals surface area contributed by atoms with E-state index in [2.05, 4.69) is 22.8 Å². The van der Waals surface area contributed by atoms with Gasteiger partial charge in [-0.3, -0.25) is 9.59 Å². The fourth-order valence-corrected chi connectivity index (χ4v) is 4.31. The molecule has 1 aliphatic rings. The number of nitrogens with one attached hydrogen (secondary N) is 2. The third kappa shape index (κ3) is 6.19. The summed E-state index contributed by atoms with van der Waals surface area (Å²) < 4.78 is 10.9. The van der Waals surface area contributed by atoms with Gasteiger partial charge in [-0.1, -0.05) is 69.3 Å². The van der Waals surface area contributed by atoms with Gasteiger partial charge in [-0.2, -0.15) is 0 Å². The quantitative estimate of drug-likeness (QED) is 0.499. The molecule has 8 nitrogen and oxygen atoms in total. The molecule has 0 saturated heterocycles. The molecule has 0 radical (unpaired) electrons. The molecule has 35 heavy (non-hydrogen) atoms. The van der Waals surface area contributed by atoms with Crippen molar-refractivity contribution in [2.45, 2.75) is 58.2 Å². The highest BCUT2D eigenvalue weighted by molar-refractivity contribution is 5.87. The fraction of sp³-hybridized carbons (Fsp3) is 0.444. The molecule has 0 aliphatic heterocycles. The van der Waals surface area contributed by atoms with Crippen LogP contribution in [0.1, 0.15) is 51.2 Å². The molecule has 0 heterocycles. The lowest BCUT2D eigenvalue weighted by molar-refractivity contribution is -0.138. The van der Waals surface area contributed by atoms with Crippen molar-refractivity contribution in [3.8, 4) is 11.1 Å². The number of rotatable bonds is 9. The van der Waals surface area contributed by atoms with E-state index in [1.807, 2.05) is 57.2 Å². The number of carbonyl (C=O) groups is 3. The number of fused-ring (bicyclic) bond motifs is 3. The molecule has 3 atom stereocenters. The summed E-state index contributed by atoms with van der Waals surface area (Å²) in [6, 6.07) is 14.3. The number of carboxylic acids is 1. The molecule has 0 spiro atoms. The van der Waals surface area contributed by atoms with Gasteiger partial charge in [-0.25, -0.2) is 4.79 Å². The summed E-state index contributed by atoms with van der Waals surface area (Å²) in [6.45, 7) is 7.29. The Morgan fingerprint density at radius 1 is 0.971 bits per heavy atom. The second-order valence-corrected chi connectivity index (χ2v) is 9.91. The van der Waals surface area contributed by atoms with Crippen molar-refractivity contribution in [2.24, 2.45) is 5.41 Å². The summed E-state index contributed by atoms with van der Waals surface area (Å²) in [4.78, 5) is 37.1. The third-order valence-corrected chi connectivity index (χ3v) is 6.48. The lowest BCUT2D eigenvalue weighted by Gasteiger charge is -2.32. The second-order valence-electron chi connectivity index (χ2n) is 9.91. The van der Waals surface area contributed by atoms with Crippen molar-refractivity contribution in [3.05, 3.63) is 59.7 Å².